The van der Waals surface area contributed by atoms with Gasteiger partial charge in [-0.1, -0.05) is 0 Å². The second-order valence-electron chi connectivity index (χ2n) is 4.24. The predicted molar refractivity (Wildman–Crippen MR) is 66.2 cm³/mol. The lowest BCUT2D eigenvalue weighted by molar-refractivity contribution is 0.121. The number of benzene rings is 1. The summed E-state index contributed by atoms with van der Waals surface area (Å²) < 4.78 is 0.819. The van der Waals surface area contributed by atoms with E-state index in [1.165, 1.54) is 24.0 Å². The van der Waals surface area contributed by atoms with Crippen molar-refractivity contribution in [2.45, 2.75) is 39.2 Å². The smallest absolute Gasteiger partial charge is 0.135 e. The van der Waals surface area contributed by atoms with Gasteiger partial charge in [0, 0.05) is 5.56 Å². The van der Waals surface area contributed by atoms with Crippen molar-refractivity contribution in [1.29, 1.82) is 0 Å². The lowest BCUT2D eigenvalue weighted by Gasteiger charge is -2.23. The minimum atomic E-state index is 0.254. The summed E-state index contributed by atoms with van der Waals surface area (Å²) in [4.78, 5) is 4.65. The number of nitrogens with two attached hydrogens (primary N) is 1. The summed E-state index contributed by atoms with van der Waals surface area (Å²) in [6, 6.07) is 0. The zero-order valence-corrected chi connectivity index (χ0v) is 10.9. The van der Waals surface area contributed by atoms with E-state index in [1.54, 1.807) is 0 Å². The topological polar surface area (TPSA) is 55.5 Å². The first kappa shape index (κ1) is 11.9. The first-order chi connectivity index (χ1) is 7.66. The molecule has 88 valence electrons. The maximum Gasteiger partial charge on any atom is 0.135 e. The van der Waals surface area contributed by atoms with E-state index in [1.807, 2.05) is 6.92 Å². The minimum absolute atomic E-state index is 0.254. The van der Waals surface area contributed by atoms with Crippen molar-refractivity contribution in [3.8, 4) is 5.75 Å². The van der Waals surface area contributed by atoms with Gasteiger partial charge in [0.15, 0.2) is 0 Å². The van der Waals surface area contributed by atoms with Gasteiger partial charge in [0.05, 0.1) is 11.1 Å². The summed E-state index contributed by atoms with van der Waals surface area (Å²) >= 11 is 3.47. The lowest BCUT2D eigenvalue weighted by atomic mass is 9.86. The van der Waals surface area contributed by atoms with Crippen LogP contribution >= 0.6 is 15.9 Å². The van der Waals surface area contributed by atoms with Gasteiger partial charge in [-0.3, -0.25) is 4.84 Å². The number of fused-ring (bicyclic) bond motifs is 1. The molecule has 4 heteroatoms. The fourth-order valence-electron chi connectivity index (χ4n) is 2.46. The van der Waals surface area contributed by atoms with E-state index in [0.29, 0.717) is 0 Å². The van der Waals surface area contributed by atoms with E-state index in [2.05, 4.69) is 20.8 Å². The first-order valence-corrected chi connectivity index (χ1v) is 6.29. The van der Waals surface area contributed by atoms with Crippen LogP contribution in [0.3, 0.4) is 0 Å². The molecule has 0 atom stereocenters. The Hall–Kier alpha value is -0.580. The summed E-state index contributed by atoms with van der Waals surface area (Å²) in [5.74, 6) is 5.38. The van der Waals surface area contributed by atoms with Crippen molar-refractivity contribution in [1.82, 2.24) is 0 Å². The molecule has 1 aliphatic rings. The molecule has 0 fully saturated rings. The van der Waals surface area contributed by atoms with Crippen LogP contribution in [0.5, 0.6) is 5.75 Å². The van der Waals surface area contributed by atoms with E-state index in [4.69, 9.17) is 5.90 Å². The molecule has 1 aromatic rings. The van der Waals surface area contributed by atoms with E-state index in [0.717, 1.165) is 28.4 Å². The molecule has 0 unspecified atom stereocenters. The predicted octanol–water partition coefficient (Wildman–Crippen LogP) is 2.73. The Labute approximate surface area is 104 Å². The summed E-state index contributed by atoms with van der Waals surface area (Å²) in [5.41, 5.74) is 4.53. The Kier molecular flexibility index (Phi) is 3.52. The fraction of sp³-hybridized carbons (Fsp3) is 0.500. The number of phenols is 1. The molecule has 3 nitrogen and oxygen atoms in total. The molecule has 0 aliphatic heterocycles. The van der Waals surface area contributed by atoms with Crippen LogP contribution in [-0.4, -0.2) is 5.11 Å². The van der Waals surface area contributed by atoms with Crippen LogP contribution < -0.4 is 5.90 Å². The maximum absolute atomic E-state index is 10.1. The van der Waals surface area contributed by atoms with Gasteiger partial charge >= 0.3 is 0 Å². The average Bonchev–Trinajstić information content (AvgIpc) is 2.32. The largest absolute Gasteiger partial charge is 0.506 e. The van der Waals surface area contributed by atoms with Crippen molar-refractivity contribution < 1.29 is 9.94 Å². The number of hydrogen-bond acceptors (Lipinski definition) is 3. The second kappa shape index (κ2) is 4.73. The van der Waals surface area contributed by atoms with Gasteiger partial charge in [-0.15, -0.1) is 0 Å². The quantitative estimate of drug-likeness (QED) is 0.822. The Morgan fingerprint density at radius 1 is 1.31 bits per heavy atom. The molecule has 0 saturated heterocycles. The van der Waals surface area contributed by atoms with Gasteiger partial charge in [0.25, 0.3) is 0 Å². The van der Waals surface area contributed by atoms with Crippen molar-refractivity contribution in [3.63, 3.8) is 0 Å². The first-order valence-electron chi connectivity index (χ1n) is 5.50. The maximum atomic E-state index is 10.1. The van der Waals surface area contributed by atoms with Crippen LogP contribution in [0.4, 0.5) is 0 Å². The molecule has 1 aromatic carbocycles. The number of aromatic hydroxyl groups is 1. The monoisotopic (exact) mass is 285 g/mol. The molecule has 0 bridgehead atoms. The van der Waals surface area contributed by atoms with Gasteiger partial charge in [0.2, 0.25) is 0 Å². The summed E-state index contributed by atoms with van der Waals surface area (Å²) in [6.45, 7) is 2.29. The Morgan fingerprint density at radius 3 is 2.56 bits per heavy atom. The molecule has 0 saturated carbocycles. The molecule has 0 radical (unpaired) electrons. The van der Waals surface area contributed by atoms with Crippen LogP contribution in [0.2, 0.25) is 0 Å². The van der Waals surface area contributed by atoms with Crippen molar-refractivity contribution >= 4 is 15.9 Å². The number of phenolic OH excluding ortho intramolecular Hbond substituents is 1. The SMILES string of the molecule is Cc1c(CON)c(O)c(Br)c2c1CCCC2. The summed E-state index contributed by atoms with van der Waals surface area (Å²) in [7, 11) is 0. The van der Waals surface area contributed by atoms with Gasteiger partial charge in [-0.05, 0) is 65.2 Å². The fourth-order valence-corrected chi connectivity index (χ4v) is 3.13. The highest BCUT2D eigenvalue weighted by atomic mass is 79.9. The van der Waals surface area contributed by atoms with E-state index in [-0.39, 0.29) is 12.4 Å². The third-order valence-corrected chi connectivity index (χ3v) is 4.21. The van der Waals surface area contributed by atoms with Crippen LogP contribution in [-0.2, 0) is 24.3 Å². The number of halogens is 1. The molecule has 16 heavy (non-hydrogen) atoms. The van der Waals surface area contributed by atoms with E-state index in [9.17, 15) is 5.11 Å². The Morgan fingerprint density at radius 2 is 1.94 bits per heavy atom. The number of hydrogen-bond donors (Lipinski definition) is 2. The molecule has 0 aromatic heterocycles. The summed E-state index contributed by atoms with van der Waals surface area (Å²) in [5, 5.41) is 10.1. The molecule has 0 spiro atoms. The van der Waals surface area contributed by atoms with E-state index >= 15 is 0 Å². The molecular formula is C12H16BrNO2. The molecule has 0 amide bonds. The highest BCUT2D eigenvalue weighted by Crippen LogP contribution is 2.40. The highest BCUT2D eigenvalue weighted by Gasteiger charge is 2.21. The molecule has 1 aliphatic carbocycles. The average molecular weight is 286 g/mol. The van der Waals surface area contributed by atoms with Gasteiger partial charge in [-0.25, -0.2) is 5.90 Å². The van der Waals surface area contributed by atoms with Crippen LogP contribution in [0.25, 0.3) is 0 Å². The molecule has 0 heterocycles. The normalized spacial score (nSPS) is 14.9. The van der Waals surface area contributed by atoms with Crippen molar-refractivity contribution in [2.75, 3.05) is 0 Å². The van der Waals surface area contributed by atoms with Crippen LogP contribution in [0, 0.1) is 6.92 Å². The minimum Gasteiger partial charge on any atom is -0.506 e. The number of rotatable bonds is 2. The van der Waals surface area contributed by atoms with Gasteiger partial charge < -0.3 is 5.11 Å². The third kappa shape index (κ3) is 1.85. The highest BCUT2D eigenvalue weighted by molar-refractivity contribution is 9.10. The van der Waals surface area contributed by atoms with Crippen LogP contribution in [0.15, 0.2) is 4.47 Å². The zero-order chi connectivity index (χ0) is 11.7. The van der Waals surface area contributed by atoms with E-state index < -0.39 is 0 Å². The summed E-state index contributed by atoms with van der Waals surface area (Å²) in [6.07, 6.45) is 4.52. The van der Waals surface area contributed by atoms with Gasteiger partial charge in [0.1, 0.15) is 5.75 Å². The van der Waals surface area contributed by atoms with Crippen LogP contribution in [0.1, 0.15) is 35.1 Å². The third-order valence-electron chi connectivity index (χ3n) is 3.36. The zero-order valence-electron chi connectivity index (χ0n) is 9.35. The Bertz CT molecular complexity index is 418. The second-order valence-corrected chi connectivity index (χ2v) is 5.03. The molecule has 2 rings (SSSR count). The Balaban J connectivity index is 2.60. The molecule has 3 N–H and O–H groups in total. The standard InChI is InChI=1S/C12H16BrNO2/c1-7-8-4-2-3-5-9(8)11(13)12(15)10(7)6-16-14/h15H,2-6,14H2,1H3. The lowest BCUT2D eigenvalue weighted by Crippen LogP contribution is -2.10. The van der Waals surface area contributed by atoms with Crippen molar-refractivity contribution in [2.24, 2.45) is 5.90 Å². The molecular weight excluding hydrogens is 270 g/mol. The van der Waals surface area contributed by atoms with Crippen molar-refractivity contribution in [3.05, 3.63) is 26.7 Å². The van der Waals surface area contributed by atoms with Gasteiger partial charge in [-0.2, -0.15) is 0 Å².